The van der Waals surface area contributed by atoms with Crippen LogP contribution in [0.1, 0.15) is 21.5 Å². The normalized spacial score (nSPS) is 10.5. The van der Waals surface area contributed by atoms with Gasteiger partial charge < -0.3 is 10.4 Å². The summed E-state index contributed by atoms with van der Waals surface area (Å²) in [6, 6.07) is 14.9. The van der Waals surface area contributed by atoms with Crippen LogP contribution >= 0.6 is 0 Å². The second-order valence-electron chi connectivity index (χ2n) is 5.37. The van der Waals surface area contributed by atoms with Crippen molar-refractivity contribution in [2.75, 3.05) is 6.54 Å². The molecule has 0 atom stereocenters. The molecule has 6 heteroatoms. The van der Waals surface area contributed by atoms with Crippen molar-refractivity contribution < 1.29 is 9.90 Å². The summed E-state index contributed by atoms with van der Waals surface area (Å²) in [6.07, 6.45) is 3.78. The van der Waals surface area contributed by atoms with Gasteiger partial charge >= 0.3 is 0 Å². The van der Waals surface area contributed by atoms with Crippen LogP contribution in [0.2, 0.25) is 0 Å². The maximum atomic E-state index is 12.3. The lowest BCUT2D eigenvalue weighted by atomic mass is 10.1. The molecule has 2 N–H and O–H groups in total. The van der Waals surface area contributed by atoms with Gasteiger partial charge in [-0.3, -0.25) is 4.79 Å². The number of amides is 1. The lowest BCUT2D eigenvalue weighted by Crippen LogP contribution is -2.25. The highest BCUT2D eigenvalue weighted by Gasteiger charge is 2.07. The topological polar surface area (TPSA) is 80.0 Å². The fraction of sp³-hybridized carbons (Fsp3) is 0.167. The highest BCUT2D eigenvalue weighted by Crippen LogP contribution is 2.09. The first-order chi connectivity index (χ1) is 11.8. The average Bonchev–Trinajstić information content (AvgIpc) is 3.17. The minimum absolute atomic E-state index is 0.0408. The van der Waals surface area contributed by atoms with Crippen LogP contribution in [-0.2, 0) is 13.0 Å². The van der Waals surface area contributed by atoms with Crippen LogP contribution in [-0.4, -0.2) is 32.3 Å². The average molecular weight is 322 g/mol. The number of nitrogens with zero attached hydrogens (tertiary/aromatic N) is 3. The maximum absolute atomic E-state index is 12.3. The zero-order valence-electron chi connectivity index (χ0n) is 13.1. The van der Waals surface area contributed by atoms with E-state index in [0.717, 1.165) is 23.2 Å². The number of benzene rings is 2. The highest BCUT2D eigenvalue weighted by molar-refractivity contribution is 5.94. The molecule has 0 aliphatic carbocycles. The molecular formula is C18H18N4O2. The Bertz CT molecular complexity index is 798. The first-order valence-corrected chi connectivity index (χ1v) is 7.68. The summed E-state index contributed by atoms with van der Waals surface area (Å²) in [5.74, 6) is -0.121. The second kappa shape index (κ2) is 7.52. The number of carbonyl (C=O) groups is 1. The van der Waals surface area contributed by atoms with Gasteiger partial charge in [-0.25, -0.2) is 9.67 Å². The van der Waals surface area contributed by atoms with Gasteiger partial charge in [0.25, 0.3) is 5.91 Å². The van der Waals surface area contributed by atoms with E-state index in [1.807, 2.05) is 36.4 Å². The molecular weight excluding hydrogens is 304 g/mol. The Morgan fingerprint density at radius 1 is 1.12 bits per heavy atom. The predicted molar refractivity (Wildman–Crippen MR) is 89.8 cm³/mol. The first-order valence-electron chi connectivity index (χ1n) is 7.68. The van der Waals surface area contributed by atoms with Crippen molar-refractivity contribution >= 4 is 5.91 Å². The molecule has 0 fully saturated rings. The Hall–Kier alpha value is -2.99. The van der Waals surface area contributed by atoms with Gasteiger partial charge in [0.1, 0.15) is 12.7 Å². The number of aliphatic hydroxyl groups is 1. The Labute approximate surface area is 139 Å². The zero-order valence-corrected chi connectivity index (χ0v) is 13.1. The third-order valence-electron chi connectivity index (χ3n) is 3.70. The number of hydrogen-bond donors (Lipinski definition) is 2. The van der Waals surface area contributed by atoms with Crippen LogP contribution in [0.15, 0.2) is 61.2 Å². The molecule has 3 aromatic rings. The van der Waals surface area contributed by atoms with Gasteiger partial charge in [-0.05, 0) is 35.7 Å². The van der Waals surface area contributed by atoms with Crippen molar-refractivity contribution in [1.29, 1.82) is 0 Å². The molecule has 1 aromatic heterocycles. The van der Waals surface area contributed by atoms with Crippen LogP contribution in [0.5, 0.6) is 0 Å². The van der Waals surface area contributed by atoms with E-state index < -0.39 is 0 Å². The third-order valence-corrected chi connectivity index (χ3v) is 3.70. The standard InChI is InChI=1S/C18H18N4O2/c23-11-15-6-4-14(5-7-15)8-9-20-18(24)16-2-1-3-17(10-16)22-13-19-12-21-22/h1-7,10,12-13,23H,8-9,11H2,(H,20,24). The Morgan fingerprint density at radius 3 is 2.62 bits per heavy atom. The molecule has 1 heterocycles. The van der Waals surface area contributed by atoms with Crippen LogP contribution in [0, 0.1) is 0 Å². The largest absolute Gasteiger partial charge is 0.392 e. The highest BCUT2D eigenvalue weighted by atomic mass is 16.3. The quantitative estimate of drug-likeness (QED) is 0.724. The van der Waals surface area contributed by atoms with Crippen molar-refractivity contribution in [2.24, 2.45) is 0 Å². The predicted octanol–water partition coefficient (Wildman–Crippen LogP) is 1.73. The smallest absolute Gasteiger partial charge is 0.251 e. The molecule has 2 aromatic carbocycles. The Kier molecular flexibility index (Phi) is 4.98. The van der Waals surface area contributed by atoms with E-state index in [-0.39, 0.29) is 12.5 Å². The molecule has 0 aliphatic heterocycles. The summed E-state index contributed by atoms with van der Waals surface area (Å²) >= 11 is 0. The van der Waals surface area contributed by atoms with E-state index in [9.17, 15) is 4.79 Å². The van der Waals surface area contributed by atoms with Gasteiger partial charge in [-0.1, -0.05) is 30.3 Å². The zero-order chi connectivity index (χ0) is 16.8. The van der Waals surface area contributed by atoms with Gasteiger partial charge in [-0.2, -0.15) is 5.10 Å². The van der Waals surface area contributed by atoms with E-state index in [1.54, 1.807) is 23.1 Å². The molecule has 0 saturated carbocycles. The molecule has 122 valence electrons. The van der Waals surface area contributed by atoms with E-state index in [1.165, 1.54) is 6.33 Å². The second-order valence-corrected chi connectivity index (χ2v) is 5.37. The number of aliphatic hydroxyl groups excluding tert-OH is 1. The Morgan fingerprint density at radius 2 is 1.92 bits per heavy atom. The van der Waals surface area contributed by atoms with Gasteiger partial charge in [0.2, 0.25) is 0 Å². The van der Waals surface area contributed by atoms with Crippen LogP contribution in [0.3, 0.4) is 0 Å². The summed E-state index contributed by atoms with van der Waals surface area (Å²) in [7, 11) is 0. The molecule has 6 nitrogen and oxygen atoms in total. The first kappa shape index (κ1) is 15.9. The summed E-state index contributed by atoms with van der Waals surface area (Å²) < 4.78 is 1.61. The number of rotatable bonds is 6. The van der Waals surface area contributed by atoms with Gasteiger partial charge in [0.05, 0.1) is 12.3 Å². The summed E-state index contributed by atoms with van der Waals surface area (Å²) in [4.78, 5) is 16.2. The van der Waals surface area contributed by atoms with Crippen LogP contribution < -0.4 is 5.32 Å². The van der Waals surface area contributed by atoms with Crippen molar-refractivity contribution in [1.82, 2.24) is 20.1 Å². The molecule has 0 bridgehead atoms. The summed E-state index contributed by atoms with van der Waals surface area (Å²) in [6.45, 7) is 0.587. The third kappa shape index (κ3) is 3.85. The molecule has 0 unspecified atom stereocenters. The van der Waals surface area contributed by atoms with Gasteiger partial charge in [0, 0.05) is 12.1 Å². The van der Waals surface area contributed by atoms with E-state index in [2.05, 4.69) is 15.4 Å². The summed E-state index contributed by atoms with van der Waals surface area (Å²) in [5, 5.41) is 16.0. The minimum atomic E-state index is -0.121. The van der Waals surface area contributed by atoms with Crippen molar-refractivity contribution in [3.05, 3.63) is 77.9 Å². The molecule has 1 amide bonds. The van der Waals surface area contributed by atoms with Gasteiger partial charge in [-0.15, -0.1) is 0 Å². The molecule has 3 rings (SSSR count). The van der Waals surface area contributed by atoms with Gasteiger partial charge in [0.15, 0.2) is 0 Å². The van der Waals surface area contributed by atoms with E-state index in [4.69, 9.17) is 5.11 Å². The van der Waals surface area contributed by atoms with Crippen molar-refractivity contribution in [2.45, 2.75) is 13.0 Å². The SMILES string of the molecule is O=C(NCCc1ccc(CO)cc1)c1cccc(-n2cncn2)c1. The summed E-state index contributed by atoms with van der Waals surface area (Å²) in [5.41, 5.74) is 3.37. The lowest BCUT2D eigenvalue weighted by molar-refractivity contribution is 0.0954. The van der Waals surface area contributed by atoms with E-state index in [0.29, 0.717) is 12.1 Å². The van der Waals surface area contributed by atoms with Crippen molar-refractivity contribution in [3.8, 4) is 5.69 Å². The number of nitrogens with one attached hydrogen (secondary N) is 1. The van der Waals surface area contributed by atoms with Crippen LogP contribution in [0.4, 0.5) is 0 Å². The molecule has 24 heavy (non-hydrogen) atoms. The number of aromatic nitrogens is 3. The monoisotopic (exact) mass is 322 g/mol. The van der Waals surface area contributed by atoms with Crippen LogP contribution in [0.25, 0.3) is 5.69 Å². The molecule has 0 radical (unpaired) electrons. The van der Waals surface area contributed by atoms with E-state index >= 15 is 0 Å². The lowest BCUT2D eigenvalue weighted by Gasteiger charge is -2.07. The maximum Gasteiger partial charge on any atom is 0.251 e. The number of hydrogen-bond acceptors (Lipinski definition) is 4. The Balaban J connectivity index is 1.58. The molecule has 0 spiro atoms. The minimum Gasteiger partial charge on any atom is -0.392 e. The molecule has 0 saturated heterocycles. The number of carbonyl (C=O) groups excluding carboxylic acids is 1. The fourth-order valence-electron chi connectivity index (χ4n) is 2.36. The fourth-order valence-corrected chi connectivity index (χ4v) is 2.36. The molecule has 0 aliphatic rings. The van der Waals surface area contributed by atoms with Crippen molar-refractivity contribution in [3.63, 3.8) is 0 Å².